The molecule has 2 amide bonds. The summed E-state index contributed by atoms with van der Waals surface area (Å²) in [5.74, 6) is 0.420. The first-order valence-corrected chi connectivity index (χ1v) is 16.0. The lowest BCUT2D eigenvalue weighted by Crippen LogP contribution is -2.53. The molecule has 10 heteroatoms. The molecule has 0 heterocycles. The van der Waals surface area contributed by atoms with Crippen molar-refractivity contribution >= 4 is 39.1 Å². The molecule has 3 aromatic carbocycles. The van der Waals surface area contributed by atoms with Gasteiger partial charge >= 0.3 is 0 Å². The van der Waals surface area contributed by atoms with Crippen molar-refractivity contribution in [1.82, 2.24) is 10.2 Å². The molecule has 1 saturated carbocycles. The first-order valence-electron chi connectivity index (χ1n) is 13.8. The molecule has 8 nitrogen and oxygen atoms in total. The molecule has 41 heavy (non-hydrogen) atoms. The Bertz CT molecular complexity index is 1430. The molecule has 1 aliphatic rings. The highest BCUT2D eigenvalue weighted by Gasteiger charge is 2.33. The first kappa shape index (κ1) is 30.4. The average molecular weight is 598 g/mol. The summed E-state index contributed by atoms with van der Waals surface area (Å²) in [5, 5.41) is 3.56. The van der Waals surface area contributed by atoms with E-state index in [1.807, 2.05) is 43.3 Å². The zero-order valence-electron chi connectivity index (χ0n) is 23.3. The summed E-state index contributed by atoms with van der Waals surface area (Å²) < 4.78 is 32.7. The van der Waals surface area contributed by atoms with Crippen LogP contribution < -0.4 is 14.4 Å². The second kappa shape index (κ2) is 13.9. The summed E-state index contributed by atoms with van der Waals surface area (Å²) in [6.45, 7) is 1.43. The number of nitrogens with zero attached hydrogens (tertiary/aromatic N) is 2. The number of para-hydroxylation sites is 1. The Morgan fingerprint density at radius 1 is 0.951 bits per heavy atom. The number of rotatable bonds is 12. The fourth-order valence-corrected chi connectivity index (χ4v) is 6.06. The number of sulfonamides is 1. The third kappa shape index (κ3) is 8.24. The van der Waals surface area contributed by atoms with Gasteiger partial charge in [-0.05, 0) is 67.3 Å². The highest BCUT2D eigenvalue weighted by atomic mass is 35.5. The Balaban J connectivity index is 1.59. The van der Waals surface area contributed by atoms with E-state index < -0.39 is 28.5 Å². The normalized spacial score (nSPS) is 14.3. The molecule has 0 spiro atoms. The Labute approximate surface area is 247 Å². The van der Waals surface area contributed by atoms with Gasteiger partial charge in [0.2, 0.25) is 21.8 Å². The largest absolute Gasteiger partial charge is 0.457 e. The lowest BCUT2D eigenvalue weighted by molar-refractivity contribution is -0.140. The minimum atomic E-state index is -3.85. The number of benzene rings is 3. The highest BCUT2D eigenvalue weighted by molar-refractivity contribution is 7.92. The van der Waals surface area contributed by atoms with E-state index in [1.54, 1.807) is 42.5 Å². The van der Waals surface area contributed by atoms with E-state index in [9.17, 15) is 18.0 Å². The van der Waals surface area contributed by atoms with Crippen LogP contribution in [0.5, 0.6) is 11.5 Å². The first-order chi connectivity index (χ1) is 19.7. The molecule has 1 aliphatic carbocycles. The van der Waals surface area contributed by atoms with Crippen molar-refractivity contribution in [3.05, 3.63) is 89.4 Å². The molecular weight excluding hydrogens is 562 g/mol. The monoisotopic (exact) mass is 597 g/mol. The molecule has 0 radical (unpaired) electrons. The van der Waals surface area contributed by atoms with E-state index >= 15 is 0 Å². The summed E-state index contributed by atoms with van der Waals surface area (Å²) in [6.07, 6.45) is 5.35. The predicted octanol–water partition coefficient (Wildman–Crippen LogP) is 5.76. The van der Waals surface area contributed by atoms with Crippen molar-refractivity contribution in [3.63, 3.8) is 0 Å². The van der Waals surface area contributed by atoms with Crippen molar-refractivity contribution in [2.24, 2.45) is 0 Å². The van der Waals surface area contributed by atoms with Crippen LogP contribution in [0.3, 0.4) is 0 Å². The summed E-state index contributed by atoms with van der Waals surface area (Å²) in [6, 6.07) is 22.1. The smallest absolute Gasteiger partial charge is 0.244 e. The van der Waals surface area contributed by atoms with E-state index in [0.717, 1.165) is 36.2 Å². The summed E-state index contributed by atoms with van der Waals surface area (Å²) in [7, 11) is -3.85. The number of amides is 2. The SMILES string of the molecule is CCC(C(=O)NC1CCCC1)N(Cc1ccccc1Cl)C(=O)CN(c1ccc(Oc2ccccc2)cc1)S(C)(=O)=O. The molecule has 0 aliphatic heterocycles. The predicted molar refractivity (Wildman–Crippen MR) is 162 cm³/mol. The number of carbonyl (C=O) groups excluding carboxylic acids is 2. The lowest BCUT2D eigenvalue weighted by atomic mass is 10.1. The number of anilines is 1. The van der Waals surface area contributed by atoms with Gasteiger partial charge in [0.25, 0.3) is 0 Å². The van der Waals surface area contributed by atoms with Gasteiger partial charge in [0.05, 0.1) is 11.9 Å². The number of hydrogen-bond acceptors (Lipinski definition) is 5. The Hall–Kier alpha value is -3.56. The van der Waals surface area contributed by atoms with Gasteiger partial charge in [-0.15, -0.1) is 0 Å². The second-order valence-electron chi connectivity index (χ2n) is 10.2. The molecule has 1 atom stereocenters. The van der Waals surface area contributed by atoms with Crippen molar-refractivity contribution in [3.8, 4) is 11.5 Å². The van der Waals surface area contributed by atoms with Gasteiger partial charge in [-0.1, -0.05) is 67.8 Å². The van der Waals surface area contributed by atoms with E-state index in [0.29, 0.717) is 34.2 Å². The molecule has 1 N–H and O–H groups in total. The fraction of sp³-hybridized carbons (Fsp3) is 0.355. The molecule has 4 rings (SSSR count). The van der Waals surface area contributed by atoms with Crippen LogP contribution in [0.25, 0.3) is 0 Å². The van der Waals surface area contributed by atoms with Gasteiger partial charge in [0.15, 0.2) is 0 Å². The molecule has 0 saturated heterocycles. The number of carbonyl (C=O) groups is 2. The van der Waals surface area contributed by atoms with Crippen LogP contribution in [-0.2, 0) is 26.2 Å². The molecule has 0 bridgehead atoms. The topological polar surface area (TPSA) is 96.0 Å². The van der Waals surface area contributed by atoms with E-state index in [-0.39, 0.29) is 18.5 Å². The number of halogens is 1. The van der Waals surface area contributed by atoms with Crippen LogP contribution in [0, 0.1) is 0 Å². The number of ether oxygens (including phenoxy) is 1. The summed E-state index contributed by atoms with van der Waals surface area (Å²) in [4.78, 5) is 28.8. The minimum Gasteiger partial charge on any atom is -0.457 e. The molecule has 218 valence electrons. The average Bonchev–Trinajstić information content (AvgIpc) is 3.46. The van der Waals surface area contributed by atoms with Crippen molar-refractivity contribution in [2.45, 2.75) is 57.7 Å². The zero-order chi connectivity index (χ0) is 29.4. The zero-order valence-corrected chi connectivity index (χ0v) is 24.9. The van der Waals surface area contributed by atoms with Crippen molar-refractivity contribution in [2.75, 3.05) is 17.1 Å². The van der Waals surface area contributed by atoms with Gasteiger partial charge in [-0.2, -0.15) is 0 Å². The lowest BCUT2D eigenvalue weighted by Gasteiger charge is -2.33. The summed E-state index contributed by atoms with van der Waals surface area (Å²) in [5.41, 5.74) is 0.977. The maximum absolute atomic E-state index is 13.9. The minimum absolute atomic E-state index is 0.0660. The van der Waals surface area contributed by atoms with Gasteiger partial charge in [0, 0.05) is 17.6 Å². The van der Waals surface area contributed by atoms with Crippen LogP contribution in [0.1, 0.15) is 44.6 Å². The molecular formula is C31H36ClN3O5S. The number of nitrogens with one attached hydrogen (secondary N) is 1. The molecule has 1 unspecified atom stereocenters. The van der Waals surface area contributed by atoms with Crippen LogP contribution in [0.15, 0.2) is 78.9 Å². The van der Waals surface area contributed by atoms with Crippen LogP contribution >= 0.6 is 11.6 Å². The maximum atomic E-state index is 13.9. The standard InChI is InChI=1S/C31H36ClN3O5S/c1-3-29(31(37)33-24-12-8-9-13-24)34(21-23-11-7-10-16-28(23)32)30(36)22-35(41(2,38)39)25-17-19-27(20-18-25)40-26-14-5-4-6-15-26/h4-7,10-11,14-20,24,29H,3,8-9,12-13,21-22H2,1-2H3,(H,33,37). The van der Waals surface area contributed by atoms with E-state index in [2.05, 4.69) is 5.32 Å². The van der Waals surface area contributed by atoms with Gasteiger partial charge in [-0.25, -0.2) is 8.42 Å². The van der Waals surface area contributed by atoms with Crippen LogP contribution in [-0.4, -0.2) is 50.0 Å². The van der Waals surface area contributed by atoms with E-state index in [4.69, 9.17) is 16.3 Å². The van der Waals surface area contributed by atoms with Crippen LogP contribution in [0.4, 0.5) is 5.69 Å². The third-order valence-corrected chi connectivity index (χ3v) is 8.68. The maximum Gasteiger partial charge on any atom is 0.244 e. The highest BCUT2D eigenvalue weighted by Crippen LogP contribution is 2.27. The second-order valence-corrected chi connectivity index (χ2v) is 12.5. The van der Waals surface area contributed by atoms with Crippen LogP contribution in [0.2, 0.25) is 5.02 Å². The summed E-state index contributed by atoms with van der Waals surface area (Å²) >= 11 is 6.43. The van der Waals surface area contributed by atoms with Crippen molar-refractivity contribution in [1.29, 1.82) is 0 Å². The quantitative estimate of drug-likeness (QED) is 0.286. The Kier molecular flexibility index (Phi) is 10.3. The third-order valence-electron chi connectivity index (χ3n) is 7.17. The Morgan fingerprint density at radius 3 is 2.17 bits per heavy atom. The molecule has 0 aromatic heterocycles. The van der Waals surface area contributed by atoms with Gasteiger partial charge in [-0.3, -0.25) is 13.9 Å². The Morgan fingerprint density at radius 2 is 1.56 bits per heavy atom. The molecule has 1 fully saturated rings. The number of hydrogen-bond donors (Lipinski definition) is 1. The van der Waals surface area contributed by atoms with Gasteiger partial charge in [0.1, 0.15) is 24.1 Å². The molecule has 3 aromatic rings. The fourth-order valence-electron chi connectivity index (χ4n) is 5.02. The van der Waals surface area contributed by atoms with Crippen molar-refractivity contribution < 1.29 is 22.7 Å². The van der Waals surface area contributed by atoms with Gasteiger partial charge < -0.3 is 15.0 Å². The van der Waals surface area contributed by atoms with E-state index in [1.165, 1.54) is 4.90 Å².